The van der Waals surface area contributed by atoms with Crippen LogP contribution in [0.4, 0.5) is 5.95 Å². The molecule has 5 heterocycles. The fraction of sp³-hybridized carbons (Fsp3) is 0.737. The number of allylic oxidation sites excluding steroid dienone is 5. The molecule has 3 amide bonds. The van der Waals surface area contributed by atoms with Gasteiger partial charge < -0.3 is 72.9 Å². The summed E-state index contributed by atoms with van der Waals surface area (Å²) in [4.78, 5) is 124. The summed E-state index contributed by atoms with van der Waals surface area (Å²) in [5.74, 6) is -7.47. The lowest BCUT2D eigenvalue weighted by molar-refractivity contribution is -0.265. The van der Waals surface area contributed by atoms with E-state index in [0.29, 0.717) is 148 Å². The zero-order valence-corrected chi connectivity index (χ0v) is 62.9. The maximum atomic E-state index is 14.9. The van der Waals surface area contributed by atoms with E-state index in [1.165, 1.54) is 18.9 Å². The predicted molar refractivity (Wildman–Crippen MR) is 381 cm³/mol. The molecule has 2 bridgehead atoms. The van der Waals surface area contributed by atoms with E-state index >= 15 is 0 Å². The van der Waals surface area contributed by atoms with Gasteiger partial charge in [-0.1, -0.05) is 71.1 Å². The Bertz CT molecular complexity index is 2990. The number of ether oxygens (including phenoxy) is 9. The number of ketones is 3. The zero-order chi connectivity index (χ0) is 74.6. The number of aromatic nitrogens is 2. The van der Waals surface area contributed by atoms with E-state index in [1.54, 1.807) is 64.4 Å². The summed E-state index contributed by atoms with van der Waals surface area (Å²) in [6.07, 6.45) is 15.4. The zero-order valence-electron chi connectivity index (χ0n) is 62.9. The normalized spacial score (nSPS) is 31.5. The van der Waals surface area contributed by atoms with Crippen LogP contribution >= 0.6 is 0 Å². The number of piperidine rings is 1. The lowest BCUT2D eigenvalue weighted by Crippen LogP contribution is -2.61. The van der Waals surface area contributed by atoms with Gasteiger partial charge in [0.25, 0.3) is 11.7 Å². The molecular formula is C76H119N7O19. The number of nitrogens with zero attached hydrogens (tertiary/aromatic N) is 6. The number of methoxy groups -OCH3 is 4. The molecule has 1 aromatic heterocycles. The van der Waals surface area contributed by atoms with Crippen LogP contribution in [0.5, 0.6) is 0 Å². The lowest BCUT2D eigenvalue weighted by atomic mass is 9.78. The Balaban J connectivity index is 1.07. The smallest absolute Gasteiger partial charge is 0.329 e. The number of cyclic esters (lactones) is 1. The van der Waals surface area contributed by atoms with E-state index in [-0.39, 0.29) is 91.9 Å². The summed E-state index contributed by atoms with van der Waals surface area (Å²) < 4.78 is 53.6. The van der Waals surface area contributed by atoms with E-state index < -0.39 is 90.2 Å². The number of likely N-dealkylation sites (N-methyl/N-ethyl adjacent to an activating group) is 1. The van der Waals surface area contributed by atoms with Crippen molar-refractivity contribution in [3.8, 4) is 0 Å². The van der Waals surface area contributed by atoms with Crippen LogP contribution in [0, 0.1) is 35.5 Å². The summed E-state index contributed by atoms with van der Waals surface area (Å²) in [6.45, 7) is 18.5. The van der Waals surface area contributed by atoms with Gasteiger partial charge in [-0.05, 0) is 133 Å². The highest BCUT2D eigenvalue weighted by Gasteiger charge is 2.53. The van der Waals surface area contributed by atoms with Crippen LogP contribution in [0.15, 0.2) is 60.0 Å². The van der Waals surface area contributed by atoms with E-state index in [2.05, 4.69) is 15.3 Å². The van der Waals surface area contributed by atoms with Crippen LogP contribution in [0.3, 0.4) is 0 Å². The van der Waals surface area contributed by atoms with Crippen molar-refractivity contribution in [2.75, 3.05) is 119 Å². The first-order valence-electron chi connectivity index (χ1n) is 36.8. The summed E-state index contributed by atoms with van der Waals surface area (Å²) in [7, 11) is 7.88. The Labute approximate surface area is 604 Å². The molecule has 1 saturated carbocycles. The van der Waals surface area contributed by atoms with Crippen molar-refractivity contribution < 1.29 is 91.2 Å². The molecule has 3 N–H and O–H groups in total. The van der Waals surface area contributed by atoms with Gasteiger partial charge in [-0.25, -0.2) is 14.8 Å². The average Bonchev–Trinajstić information content (AvgIpc) is 0.773. The molecule has 1 aromatic rings. The van der Waals surface area contributed by atoms with Crippen LogP contribution in [-0.4, -0.2) is 257 Å². The fourth-order valence-electron chi connectivity index (χ4n) is 14.4. The number of hydrogen-bond acceptors (Lipinski definition) is 23. The third-order valence-electron chi connectivity index (χ3n) is 20.8. The number of hydrogen-bond donors (Lipinski definition) is 3. The van der Waals surface area contributed by atoms with Crippen molar-refractivity contribution in [1.82, 2.24) is 30.0 Å². The molecule has 4 fully saturated rings. The van der Waals surface area contributed by atoms with Gasteiger partial charge in [-0.15, -0.1) is 0 Å². The predicted octanol–water partition coefficient (Wildman–Crippen LogP) is 6.31. The molecule has 3 saturated heterocycles. The number of aryl methyl sites for hydroxylation is 1. The van der Waals surface area contributed by atoms with Crippen molar-refractivity contribution in [3.63, 3.8) is 0 Å². The molecule has 5 aliphatic rings. The van der Waals surface area contributed by atoms with E-state index in [9.17, 15) is 48.6 Å². The topological polar surface area (TPSA) is 311 Å². The largest absolute Gasteiger partial charge is 0.460 e. The number of carbonyl (C=O) groups excluding carboxylic acids is 8. The molecule has 26 nitrogen and oxygen atoms in total. The molecule has 0 unspecified atom stereocenters. The van der Waals surface area contributed by atoms with Gasteiger partial charge >= 0.3 is 11.9 Å². The minimum atomic E-state index is -2.46. The third kappa shape index (κ3) is 25.8. The number of esters is 2. The highest BCUT2D eigenvalue weighted by molar-refractivity contribution is 6.39. The number of anilines is 1. The molecule has 0 radical (unpaired) electrons. The molecule has 102 heavy (non-hydrogen) atoms. The van der Waals surface area contributed by atoms with Gasteiger partial charge in [0.15, 0.2) is 5.78 Å². The van der Waals surface area contributed by atoms with E-state index in [1.807, 2.05) is 76.0 Å². The summed E-state index contributed by atoms with van der Waals surface area (Å²) in [5.41, 5.74) is 2.12. The Kier molecular flexibility index (Phi) is 35.5. The van der Waals surface area contributed by atoms with Crippen LogP contribution in [0.25, 0.3) is 0 Å². The van der Waals surface area contributed by atoms with Crippen LogP contribution < -0.4 is 10.2 Å². The van der Waals surface area contributed by atoms with Crippen molar-refractivity contribution in [2.45, 2.75) is 212 Å². The number of nitrogens with one attached hydrogen (secondary N) is 1. The fourth-order valence-corrected chi connectivity index (χ4v) is 14.4. The first-order chi connectivity index (χ1) is 48.7. The van der Waals surface area contributed by atoms with E-state index in [0.717, 1.165) is 11.1 Å². The standard InChI is InChI=1S/C76H119N7O19/c1-49-19-15-14-16-20-50(2)62(94-10)43-59-25-22-55(7)76(93,102-59)72(90)73(91)83-30-18-17-21-60(83)74(92)101-64(44-63(95-11)51(3)40-54(6)70(89)71(97-13)69(88)53(5)39-49)52(4)41-57-23-26-61(65(42-57)96-12)100-68(87)27-24-58-45-78-75(79-46-58)82-33-31-81(32-34-82)67(86)48-80(9)47-66(85)77-29-36-99-38-37-98-35-28-56(8)84/h14-16,19-20,40,45-46,49,51-53,55,57,59-65,70-71,89,93H,17-18,21-39,41-44,47-48H2,1-13H3,(H,77,85)/b16-14+,19-15+,50-20+,54-40+/t49-,51-,52-,53-,55-,57+,59+,60+,61-,62+,63-,64+,65-,70-,71+,76-/m1/s1. The quantitative estimate of drug-likeness (QED) is 0.0418. The number of carbonyl (C=O) groups is 8. The molecule has 0 aromatic carbocycles. The molecule has 26 heteroatoms. The van der Waals surface area contributed by atoms with Crippen LogP contribution in [0.1, 0.15) is 151 Å². The second-order valence-electron chi connectivity index (χ2n) is 28.9. The monoisotopic (exact) mass is 1430 g/mol. The van der Waals surface area contributed by atoms with Gasteiger partial charge in [-0.2, -0.15) is 0 Å². The minimum absolute atomic E-state index is 0.00886. The minimum Gasteiger partial charge on any atom is -0.460 e. The SMILES string of the molecule is CO[C@H]1C[C@@H]2CC[C@@H](C)[C@@](O)(O2)C(=O)C(=O)N2CCCC[C@H]2C(=O)O[C@H]([C@H](C)C[C@@H]2CC[C@@H](OC(=O)CCc3cnc(N4CCN(C(=O)CN(C)CC(=O)NCCOCCOCCC(C)=O)CC4)nc3)[C@H](OC)C2)C[C@@H](OC)[C@H](C)/C=C(\C)[C@@H](O)[C@@H](OC)C(=O)[C@H](C)C[C@H](C)/C=C/C=C/C=C/1C. The van der Waals surface area contributed by atoms with Gasteiger partial charge in [-0.3, -0.25) is 38.5 Å². The summed E-state index contributed by atoms with van der Waals surface area (Å²) >= 11 is 0. The highest BCUT2D eigenvalue weighted by atomic mass is 16.6. The Morgan fingerprint density at radius 1 is 0.765 bits per heavy atom. The summed E-state index contributed by atoms with van der Waals surface area (Å²) in [6, 6.07) is -1.14. The molecule has 16 atom stereocenters. The Morgan fingerprint density at radius 3 is 2.15 bits per heavy atom. The molecule has 572 valence electrons. The molecule has 6 rings (SSSR count). The lowest BCUT2D eigenvalue weighted by Gasteiger charge is -2.43. The first kappa shape index (κ1) is 84.7. The molecular weight excluding hydrogens is 1310 g/mol. The Hall–Kier alpha value is -6.20. The van der Waals surface area contributed by atoms with Gasteiger partial charge in [0.05, 0.1) is 63.9 Å². The first-order valence-corrected chi connectivity index (χ1v) is 36.8. The molecule has 1 aliphatic carbocycles. The van der Waals surface area contributed by atoms with Gasteiger partial charge in [0.2, 0.25) is 23.5 Å². The van der Waals surface area contributed by atoms with Crippen LogP contribution in [-0.2, 0) is 87.4 Å². The van der Waals surface area contributed by atoms with Gasteiger partial charge in [0, 0.05) is 124 Å². The maximum Gasteiger partial charge on any atom is 0.329 e. The Morgan fingerprint density at radius 2 is 1.47 bits per heavy atom. The van der Waals surface area contributed by atoms with Crippen molar-refractivity contribution in [2.24, 2.45) is 35.5 Å². The third-order valence-corrected chi connectivity index (χ3v) is 20.8. The van der Waals surface area contributed by atoms with Crippen molar-refractivity contribution >= 4 is 53.0 Å². The number of fused-ring (bicyclic) bond motifs is 3. The average molecular weight is 1430 g/mol. The maximum absolute atomic E-state index is 14.9. The second kappa shape index (κ2) is 42.7. The van der Waals surface area contributed by atoms with E-state index in [4.69, 9.17) is 42.6 Å². The number of amides is 3. The molecule has 4 aliphatic heterocycles. The number of Topliss-reactive ketones (excluding diaryl/α,β-unsaturated/α-hetero) is 3. The van der Waals surface area contributed by atoms with Crippen molar-refractivity contribution in [3.05, 3.63) is 65.6 Å². The second-order valence-corrected chi connectivity index (χ2v) is 28.9. The summed E-state index contributed by atoms with van der Waals surface area (Å²) in [5, 5.41) is 26.8. The van der Waals surface area contributed by atoms with Crippen molar-refractivity contribution in [1.29, 1.82) is 0 Å². The number of aliphatic hydroxyl groups is 2. The van der Waals surface area contributed by atoms with Crippen LogP contribution in [0.2, 0.25) is 0 Å². The number of rotatable bonds is 25. The number of aliphatic hydroxyl groups excluding tert-OH is 1. The van der Waals surface area contributed by atoms with Gasteiger partial charge in [0.1, 0.15) is 36.2 Å². The number of piperazine rings is 1. The highest BCUT2D eigenvalue weighted by Crippen LogP contribution is 2.39. The molecule has 0 spiro atoms.